The Morgan fingerprint density at radius 1 is 1.33 bits per heavy atom. The molecule has 3 nitrogen and oxygen atoms in total. The highest BCUT2D eigenvalue weighted by Crippen LogP contribution is 2.51. The molecular weight excluding hydrogens is 262 g/mol. The Hall–Kier alpha value is -1.51. The molecule has 3 rings (SSSR count). The summed E-state index contributed by atoms with van der Waals surface area (Å²) in [6.45, 7) is 5.39. The van der Waals surface area contributed by atoms with Crippen LogP contribution in [0.5, 0.6) is 5.75 Å². The molecule has 1 heterocycles. The van der Waals surface area contributed by atoms with Crippen LogP contribution in [0.1, 0.15) is 44.6 Å². The number of rotatable bonds is 4. The Kier molecular flexibility index (Phi) is 3.92. The van der Waals surface area contributed by atoms with Crippen molar-refractivity contribution in [3.63, 3.8) is 0 Å². The monoisotopic (exact) mass is 287 g/mol. The van der Waals surface area contributed by atoms with E-state index in [-0.39, 0.29) is 5.92 Å². The summed E-state index contributed by atoms with van der Waals surface area (Å²) in [5.41, 5.74) is 1.19. The van der Waals surface area contributed by atoms with Crippen LogP contribution in [0, 0.1) is 11.8 Å². The molecule has 0 aromatic heterocycles. The lowest BCUT2D eigenvalue weighted by Gasteiger charge is -2.28. The van der Waals surface area contributed by atoms with Crippen molar-refractivity contribution in [3.05, 3.63) is 29.8 Å². The van der Waals surface area contributed by atoms with Gasteiger partial charge < -0.3 is 9.64 Å². The summed E-state index contributed by atoms with van der Waals surface area (Å²) < 4.78 is 5.43. The van der Waals surface area contributed by atoms with Gasteiger partial charge in [0.05, 0.1) is 7.11 Å². The van der Waals surface area contributed by atoms with Crippen LogP contribution in [0.25, 0.3) is 0 Å². The summed E-state index contributed by atoms with van der Waals surface area (Å²) in [5.74, 6) is 2.35. The van der Waals surface area contributed by atoms with Crippen LogP contribution >= 0.6 is 0 Å². The predicted octanol–water partition coefficient (Wildman–Crippen LogP) is 3.45. The Balaban J connectivity index is 1.71. The van der Waals surface area contributed by atoms with E-state index >= 15 is 0 Å². The van der Waals surface area contributed by atoms with Crippen LogP contribution in [0.4, 0.5) is 0 Å². The van der Waals surface area contributed by atoms with Crippen molar-refractivity contribution in [2.45, 2.75) is 45.1 Å². The first-order chi connectivity index (χ1) is 10.1. The first kappa shape index (κ1) is 14.4. The van der Waals surface area contributed by atoms with Gasteiger partial charge in [-0.05, 0) is 42.7 Å². The third kappa shape index (κ3) is 2.66. The zero-order valence-corrected chi connectivity index (χ0v) is 13.2. The normalized spacial score (nSPS) is 28.0. The van der Waals surface area contributed by atoms with E-state index in [1.54, 1.807) is 7.11 Å². The lowest BCUT2D eigenvalue weighted by Crippen LogP contribution is -2.39. The minimum atomic E-state index is 0.167. The molecule has 1 aromatic rings. The smallest absolute Gasteiger partial charge is 0.226 e. The highest BCUT2D eigenvalue weighted by Gasteiger charge is 2.48. The summed E-state index contributed by atoms with van der Waals surface area (Å²) in [6, 6.07) is 8.54. The Morgan fingerprint density at radius 2 is 2.10 bits per heavy atom. The lowest BCUT2D eigenvalue weighted by atomic mass is 10.0. The van der Waals surface area contributed by atoms with Gasteiger partial charge in [0, 0.05) is 18.5 Å². The molecule has 0 spiro atoms. The van der Waals surface area contributed by atoms with E-state index in [9.17, 15) is 4.79 Å². The van der Waals surface area contributed by atoms with Gasteiger partial charge in [0.1, 0.15) is 5.75 Å². The second kappa shape index (κ2) is 5.70. The van der Waals surface area contributed by atoms with Crippen LogP contribution in [0.15, 0.2) is 24.3 Å². The maximum Gasteiger partial charge on any atom is 0.226 e. The Bertz CT molecular complexity index is 526. The fourth-order valence-electron chi connectivity index (χ4n) is 3.76. The van der Waals surface area contributed by atoms with Crippen molar-refractivity contribution >= 4 is 5.91 Å². The van der Waals surface area contributed by atoms with Crippen LogP contribution < -0.4 is 4.74 Å². The molecule has 0 N–H and O–H groups in total. The van der Waals surface area contributed by atoms with Crippen molar-refractivity contribution in [3.8, 4) is 5.75 Å². The third-order valence-electron chi connectivity index (χ3n) is 5.00. The number of likely N-dealkylation sites (tertiary alicyclic amines) is 1. The fourth-order valence-corrected chi connectivity index (χ4v) is 3.76. The molecule has 0 bridgehead atoms. The van der Waals surface area contributed by atoms with Crippen molar-refractivity contribution in [1.82, 2.24) is 4.90 Å². The van der Waals surface area contributed by atoms with E-state index in [0.717, 1.165) is 31.6 Å². The van der Waals surface area contributed by atoms with Gasteiger partial charge in [-0.15, -0.1) is 0 Å². The number of para-hydroxylation sites is 1. The van der Waals surface area contributed by atoms with Crippen molar-refractivity contribution in [2.75, 3.05) is 13.7 Å². The van der Waals surface area contributed by atoms with E-state index in [2.05, 4.69) is 24.8 Å². The standard InChI is InChI=1S/C18H25NO2/c1-12(2)16-8-6-10-19(16)18(20)15-11-14(15)13-7-4-5-9-17(13)21-3/h4-5,7,9,12,14-16H,6,8,10-11H2,1-3H3/t14-,15+,16+/m1/s1. The van der Waals surface area contributed by atoms with E-state index in [1.165, 1.54) is 5.56 Å². The van der Waals surface area contributed by atoms with E-state index in [1.807, 2.05) is 18.2 Å². The second-order valence-electron chi connectivity index (χ2n) is 6.68. The maximum atomic E-state index is 12.8. The minimum absolute atomic E-state index is 0.167. The summed E-state index contributed by atoms with van der Waals surface area (Å²) in [5, 5.41) is 0. The minimum Gasteiger partial charge on any atom is -0.496 e. The summed E-state index contributed by atoms with van der Waals surface area (Å²) in [6.07, 6.45) is 3.29. The number of methoxy groups -OCH3 is 1. The van der Waals surface area contributed by atoms with Crippen molar-refractivity contribution in [2.24, 2.45) is 11.8 Å². The van der Waals surface area contributed by atoms with Gasteiger partial charge in [-0.25, -0.2) is 0 Å². The summed E-state index contributed by atoms with van der Waals surface area (Å²) >= 11 is 0. The number of hydrogen-bond donors (Lipinski definition) is 0. The van der Waals surface area contributed by atoms with Crippen LogP contribution in [0.3, 0.4) is 0 Å². The molecule has 2 aliphatic rings. The number of hydrogen-bond acceptors (Lipinski definition) is 2. The molecule has 3 atom stereocenters. The average Bonchev–Trinajstić information content (AvgIpc) is 3.13. The molecule has 1 aromatic carbocycles. The van der Waals surface area contributed by atoms with Gasteiger partial charge in [-0.3, -0.25) is 4.79 Å². The fraction of sp³-hybridized carbons (Fsp3) is 0.611. The van der Waals surface area contributed by atoms with Crippen LogP contribution in [-0.4, -0.2) is 30.5 Å². The highest BCUT2D eigenvalue weighted by molar-refractivity contribution is 5.83. The van der Waals surface area contributed by atoms with E-state index in [0.29, 0.717) is 23.8 Å². The second-order valence-corrected chi connectivity index (χ2v) is 6.68. The summed E-state index contributed by atoms with van der Waals surface area (Å²) in [7, 11) is 1.70. The molecule has 21 heavy (non-hydrogen) atoms. The van der Waals surface area contributed by atoms with E-state index < -0.39 is 0 Å². The Labute approximate surface area is 127 Å². The highest BCUT2D eigenvalue weighted by atomic mass is 16.5. The first-order valence-corrected chi connectivity index (χ1v) is 8.07. The SMILES string of the molecule is COc1ccccc1[C@H]1C[C@@H]1C(=O)N1CCC[C@H]1C(C)C. The van der Waals surface area contributed by atoms with Gasteiger partial charge in [-0.2, -0.15) is 0 Å². The molecule has 1 saturated heterocycles. The number of carbonyl (C=O) groups is 1. The molecule has 1 amide bonds. The van der Waals surface area contributed by atoms with Gasteiger partial charge in [0.25, 0.3) is 0 Å². The van der Waals surface area contributed by atoms with Gasteiger partial charge in [0.15, 0.2) is 0 Å². The molecule has 0 radical (unpaired) electrons. The summed E-state index contributed by atoms with van der Waals surface area (Å²) in [4.78, 5) is 14.9. The molecule has 114 valence electrons. The first-order valence-electron chi connectivity index (χ1n) is 8.07. The number of nitrogens with zero attached hydrogens (tertiary/aromatic N) is 1. The number of amides is 1. The zero-order valence-electron chi connectivity index (χ0n) is 13.2. The van der Waals surface area contributed by atoms with Crippen LogP contribution in [0.2, 0.25) is 0 Å². The zero-order chi connectivity index (χ0) is 15.0. The lowest BCUT2D eigenvalue weighted by molar-refractivity contribution is -0.134. The Morgan fingerprint density at radius 3 is 2.81 bits per heavy atom. The quantitative estimate of drug-likeness (QED) is 0.849. The average molecular weight is 287 g/mol. The molecule has 1 saturated carbocycles. The molecule has 0 unspecified atom stereocenters. The molecule has 1 aliphatic heterocycles. The number of benzene rings is 1. The number of carbonyl (C=O) groups excluding carboxylic acids is 1. The van der Waals surface area contributed by atoms with Crippen LogP contribution in [-0.2, 0) is 4.79 Å². The molecular formula is C18H25NO2. The topological polar surface area (TPSA) is 29.5 Å². The largest absolute Gasteiger partial charge is 0.496 e. The van der Waals surface area contributed by atoms with Crippen molar-refractivity contribution in [1.29, 1.82) is 0 Å². The molecule has 2 fully saturated rings. The third-order valence-corrected chi connectivity index (χ3v) is 5.00. The predicted molar refractivity (Wildman–Crippen MR) is 83.4 cm³/mol. The van der Waals surface area contributed by atoms with Gasteiger partial charge >= 0.3 is 0 Å². The van der Waals surface area contributed by atoms with Gasteiger partial charge in [-0.1, -0.05) is 32.0 Å². The van der Waals surface area contributed by atoms with Gasteiger partial charge in [0.2, 0.25) is 5.91 Å². The van der Waals surface area contributed by atoms with Crippen molar-refractivity contribution < 1.29 is 9.53 Å². The van der Waals surface area contributed by atoms with E-state index in [4.69, 9.17) is 4.74 Å². The maximum absolute atomic E-state index is 12.8. The molecule has 1 aliphatic carbocycles. The number of ether oxygens (including phenoxy) is 1. The molecule has 3 heteroatoms.